The van der Waals surface area contributed by atoms with Crippen molar-refractivity contribution in [1.29, 1.82) is 5.26 Å². The zero-order valence-electron chi connectivity index (χ0n) is 27.7. The van der Waals surface area contributed by atoms with E-state index in [4.69, 9.17) is 23.0 Å². The second-order valence-electron chi connectivity index (χ2n) is 12.4. The van der Waals surface area contributed by atoms with Crippen molar-refractivity contribution in [3.05, 3.63) is 46.6 Å². The molecule has 0 atom stereocenters. The summed E-state index contributed by atoms with van der Waals surface area (Å²) in [6.07, 6.45) is 0.685. The number of rotatable bonds is 13. The Balaban J connectivity index is 0.000000831. The molecule has 1 rings (SSSR count). The van der Waals surface area contributed by atoms with Gasteiger partial charge >= 0.3 is 14.5 Å². The van der Waals surface area contributed by atoms with Gasteiger partial charge in [0.1, 0.15) is 17.4 Å². The van der Waals surface area contributed by atoms with Crippen molar-refractivity contribution < 1.29 is 32.1 Å². The fourth-order valence-corrected chi connectivity index (χ4v) is 16.6. The largest absolute Gasteiger partial charge is 0.495 e. The molecule has 1 N–H and O–H groups in total. The summed E-state index contributed by atoms with van der Waals surface area (Å²) in [5.41, 5.74) is 2.18. The van der Waals surface area contributed by atoms with E-state index in [2.05, 4.69) is 51.1 Å². The smallest absolute Gasteiger partial charge is 0.348 e. The van der Waals surface area contributed by atoms with Crippen molar-refractivity contribution >= 4 is 48.5 Å². The zero-order chi connectivity index (χ0) is 32.9. The van der Waals surface area contributed by atoms with Gasteiger partial charge in [-0.25, -0.2) is 4.79 Å². The maximum Gasteiger partial charge on any atom is 0.348 e. The number of methoxy groups -OCH3 is 1. The zero-order valence-corrected chi connectivity index (χ0v) is 30.7. The molecule has 0 heterocycles. The van der Waals surface area contributed by atoms with E-state index in [0.717, 1.165) is 6.04 Å². The third kappa shape index (κ3) is 15.4. The maximum atomic E-state index is 12.0. The average Bonchev–Trinajstić information content (AvgIpc) is 2.80. The molecule has 0 unspecified atom stereocenters. The average molecular weight is 635 g/mol. The number of para-hydroxylation sites is 2. The molecule has 0 saturated heterocycles. The molecule has 0 aliphatic rings. The van der Waals surface area contributed by atoms with Crippen LogP contribution >= 0.6 is 0 Å². The molecule has 0 aromatic heterocycles. The number of hydrogen-bond donors (Lipinski definition) is 1. The summed E-state index contributed by atoms with van der Waals surface area (Å²) in [5.74, 6) is -0.644. The minimum absolute atomic E-state index is 0.0895. The molecule has 1 amide bonds. The number of benzene rings is 1. The van der Waals surface area contributed by atoms with Gasteiger partial charge in [-0.2, -0.15) is 5.26 Å². The van der Waals surface area contributed by atoms with Gasteiger partial charge in [0, 0.05) is 0 Å². The Morgan fingerprint density at radius 3 is 1.79 bits per heavy atom. The monoisotopic (exact) mass is 634 g/mol. The maximum absolute atomic E-state index is 12.0. The fraction of sp³-hybridized carbons (Fsp3) is 0.533. The van der Waals surface area contributed by atoms with Gasteiger partial charge in [-0.1, -0.05) is 23.3 Å². The number of hydrogen-bond acceptors (Lipinski definition) is 8. The van der Waals surface area contributed by atoms with Crippen molar-refractivity contribution in [2.45, 2.75) is 92.9 Å². The van der Waals surface area contributed by atoms with E-state index in [9.17, 15) is 14.4 Å². The van der Waals surface area contributed by atoms with E-state index < -0.39 is 37.1 Å². The first kappa shape index (κ1) is 39.2. The quantitative estimate of drug-likeness (QED) is 0.0463. The number of amides is 1. The Bertz CT molecular complexity index is 1180. The number of carbonyl (C=O) groups excluding carboxylic acids is 3. The first-order chi connectivity index (χ1) is 19.2. The summed E-state index contributed by atoms with van der Waals surface area (Å²) < 4.78 is 23.2. The minimum atomic E-state index is -2.29. The van der Waals surface area contributed by atoms with Crippen LogP contribution in [-0.4, -0.2) is 56.6 Å². The normalized spacial score (nSPS) is 11.2. The van der Waals surface area contributed by atoms with Gasteiger partial charge in [0.05, 0.1) is 25.0 Å². The van der Waals surface area contributed by atoms with Crippen molar-refractivity contribution in [3.63, 3.8) is 0 Å². The first-order valence-corrected chi connectivity index (χ1v) is 23.3. The number of nitrogens with one attached hydrogen (secondary N) is 1. The van der Waals surface area contributed by atoms with Gasteiger partial charge in [-0.15, -0.1) is 0 Å². The molecule has 1 aromatic rings. The lowest BCUT2D eigenvalue weighted by Crippen LogP contribution is -2.52. The number of esters is 1. The molecule has 9 nitrogen and oxygen atoms in total. The van der Waals surface area contributed by atoms with E-state index in [1.807, 2.05) is 6.07 Å². The second kappa shape index (κ2) is 17.3. The van der Waals surface area contributed by atoms with Crippen LogP contribution in [0.15, 0.2) is 46.6 Å². The van der Waals surface area contributed by atoms with Crippen LogP contribution in [0.3, 0.4) is 0 Å². The summed E-state index contributed by atoms with van der Waals surface area (Å²) in [7, 11) is -4.19. The third-order valence-electron chi connectivity index (χ3n) is 5.30. The van der Waals surface area contributed by atoms with E-state index in [-0.39, 0.29) is 23.5 Å². The Labute approximate surface area is 255 Å². The molecular formula is C30H50N2O7Si3. The van der Waals surface area contributed by atoms with Gasteiger partial charge in [0.15, 0.2) is 22.4 Å². The molecule has 0 aliphatic heterocycles. The highest BCUT2D eigenvalue weighted by Crippen LogP contribution is 2.26. The van der Waals surface area contributed by atoms with Crippen LogP contribution in [0.2, 0.25) is 51.9 Å². The SMILES string of the molecule is CC(C)=C(C#N)C(=O)OCCC[Si](C)(O[Si](C)(C)C)O[Si](C)(C)C.COc1ccccc1NC(=O)C(C(C)=O)=C(C)C. The summed E-state index contributed by atoms with van der Waals surface area (Å²) in [5, 5.41) is 11.7. The fourth-order valence-electron chi connectivity index (χ4n) is 4.08. The van der Waals surface area contributed by atoms with Crippen LogP contribution in [0.5, 0.6) is 5.75 Å². The molecule has 0 radical (unpaired) electrons. The molecule has 234 valence electrons. The molecule has 0 aliphatic carbocycles. The lowest BCUT2D eigenvalue weighted by molar-refractivity contribution is -0.138. The molecular weight excluding hydrogens is 585 g/mol. The van der Waals surface area contributed by atoms with Gasteiger partial charge in [0.2, 0.25) is 0 Å². The minimum Gasteiger partial charge on any atom is -0.495 e. The lowest BCUT2D eigenvalue weighted by Gasteiger charge is -2.38. The highest BCUT2D eigenvalue weighted by Gasteiger charge is 2.39. The van der Waals surface area contributed by atoms with E-state index >= 15 is 0 Å². The van der Waals surface area contributed by atoms with Crippen molar-refractivity contribution in [2.24, 2.45) is 0 Å². The van der Waals surface area contributed by atoms with Crippen LogP contribution in [0, 0.1) is 11.3 Å². The molecule has 12 heteroatoms. The summed E-state index contributed by atoms with van der Waals surface area (Å²) in [6.45, 7) is 23.7. The van der Waals surface area contributed by atoms with Crippen molar-refractivity contribution in [2.75, 3.05) is 19.0 Å². The van der Waals surface area contributed by atoms with Gasteiger partial charge < -0.3 is 23.0 Å². The Hall–Kier alpha value is -2.83. The molecule has 42 heavy (non-hydrogen) atoms. The highest BCUT2D eigenvalue weighted by molar-refractivity contribution is 6.87. The van der Waals surface area contributed by atoms with Crippen LogP contribution in [0.25, 0.3) is 0 Å². The first-order valence-electron chi connectivity index (χ1n) is 13.9. The Kier molecular flexibility index (Phi) is 16.2. The number of ketones is 1. The standard InChI is InChI=1S/C16H33NO4Si3.C14H17NO3/c1-14(2)15(13-17)16(18)19-11-10-12-24(9,20-22(3,4)5)21-23(6,7)8;1-9(2)13(10(3)16)14(17)15-11-7-5-6-8-12(11)18-4/h10-12H2,1-9H3;5-8H,1-4H3,(H,15,17). The third-order valence-corrected chi connectivity index (χ3v) is 14.9. The number of Topliss-reactive ketones (excluding diaryl/α,β-unsaturated/α-hetero) is 1. The number of carbonyl (C=O) groups is 3. The lowest BCUT2D eigenvalue weighted by atomic mass is 10.1. The number of allylic oxidation sites excluding steroid dienone is 2. The number of nitrogens with zero attached hydrogens (tertiary/aromatic N) is 1. The van der Waals surface area contributed by atoms with Gasteiger partial charge in [-0.05, 0) is 105 Å². The number of anilines is 1. The van der Waals surface area contributed by atoms with Crippen LogP contribution in [-0.2, 0) is 27.4 Å². The highest BCUT2D eigenvalue weighted by atomic mass is 28.5. The van der Waals surface area contributed by atoms with Crippen LogP contribution < -0.4 is 10.1 Å². The second-order valence-corrected chi connectivity index (χ2v) is 25.2. The molecule has 0 saturated carbocycles. The summed E-state index contributed by atoms with van der Waals surface area (Å²) in [6, 6.07) is 9.74. The van der Waals surface area contributed by atoms with Crippen LogP contribution in [0.1, 0.15) is 41.0 Å². The molecule has 1 aromatic carbocycles. The van der Waals surface area contributed by atoms with Gasteiger partial charge in [0.25, 0.3) is 5.91 Å². The van der Waals surface area contributed by atoms with Crippen molar-refractivity contribution in [1.82, 2.24) is 0 Å². The number of nitriles is 1. The van der Waals surface area contributed by atoms with E-state index in [1.54, 1.807) is 52.0 Å². The predicted octanol–water partition coefficient (Wildman–Crippen LogP) is 7.11. The van der Waals surface area contributed by atoms with E-state index in [0.29, 0.717) is 29.0 Å². The topological polar surface area (TPSA) is 124 Å². The number of ether oxygens (including phenoxy) is 2. The van der Waals surface area contributed by atoms with Crippen LogP contribution in [0.4, 0.5) is 5.69 Å². The molecule has 0 fully saturated rings. The van der Waals surface area contributed by atoms with E-state index in [1.165, 1.54) is 14.0 Å². The summed E-state index contributed by atoms with van der Waals surface area (Å²) in [4.78, 5) is 35.3. The summed E-state index contributed by atoms with van der Waals surface area (Å²) >= 11 is 0. The van der Waals surface area contributed by atoms with Crippen molar-refractivity contribution in [3.8, 4) is 11.8 Å². The molecule has 0 spiro atoms. The predicted molar refractivity (Wildman–Crippen MR) is 176 cm³/mol. The molecule has 0 bridgehead atoms. The van der Waals surface area contributed by atoms with Gasteiger partial charge in [-0.3, -0.25) is 9.59 Å². The Morgan fingerprint density at radius 2 is 1.38 bits per heavy atom. The Morgan fingerprint density at radius 1 is 0.857 bits per heavy atom.